The molecule has 0 aromatic carbocycles. The first kappa shape index (κ1) is 11.9. The van der Waals surface area contributed by atoms with Crippen molar-refractivity contribution < 1.29 is 12.3 Å². The van der Waals surface area contributed by atoms with E-state index in [9.17, 15) is 12.3 Å². The average molecular weight is 178 g/mol. The smallest absolute Gasteiger partial charge is 0.306 e. The molecule has 3 nitrogen and oxygen atoms in total. The van der Waals surface area contributed by atoms with Crippen LogP contribution in [0.25, 0.3) is 0 Å². The summed E-state index contributed by atoms with van der Waals surface area (Å²) in [5.74, 6) is 0. The quantitative estimate of drug-likeness (QED) is 0.607. The fourth-order valence-corrected chi connectivity index (χ4v) is 0.345. The van der Waals surface area contributed by atoms with Gasteiger partial charge in [0.15, 0.2) is 0 Å². The summed E-state index contributed by atoms with van der Waals surface area (Å²) in [6.07, 6.45) is 0. The third-order valence-electron chi connectivity index (χ3n) is 0.813. The molecule has 0 heterocycles. The van der Waals surface area contributed by atoms with Gasteiger partial charge in [-0.25, -0.2) is 0 Å². The van der Waals surface area contributed by atoms with Crippen LogP contribution in [0.4, 0.5) is 3.89 Å². The highest BCUT2D eigenvalue weighted by Crippen LogP contribution is 1.98. The van der Waals surface area contributed by atoms with E-state index in [-0.39, 0.29) is 19.0 Å². The number of rotatable bonds is 2. The molecule has 1 unspecified atom stereocenters. The largest absolute Gasteiger partial charge is 0.329 e. The van der Waals surface area contributed by atoms with Gasteiger partial charge in [0.2, 0.25) is 0 Å². The van der Waals surface area contributed by atoms with Crippen molar-refractivity contribution in [3.63, 3.8) is 0 Å². The topological polar surface area (TPSA) is 60.2 Å². The second-order valence-corrected chi connectivity index (χ2v) is 3.28. The maximum atomic E-state index is 11.7. The Balaban J connectivity index is 0. The van der Waals surface area contributed by atoms with Gasteiger partial charge < -0.3 is 5.73 Å². The Labute approximate surface area is 60.0 Å². The van der Waals surface area contributed by atoms with Crippen LogP contribution in [0, 0.1) is 0 Å². The van der Waals surface area contributed by atoms with Gasteiger partial charge in [-0.2, -0.15) is 8.42 Å². The number of nitrogens with two attached hydrogens (primary N) is 1. The summed E-state index contributed by atoms with van der Waals surface area (Å²) in [5.41, 5.74) is 4.84. The van der Waals surface area contributed by atoms with Crippen molar-refractivity contribution >= 4 is 22.6 Å². The molecule has 0 rings (SSSR count). The first-order valence-corrected chi connectivity index (χ1v) is 3.56. The SMILES string of the molecule is CC(CN)S(=O)(=O)F.Cl. The minimum absolute atomic E-state index is 0. The van der Waals surface area contributed by atoms with Crippen molar-refractivity contribution in [3.8, 4) is 0 Å². The van der Waals surface area contributed by atoms with Crippen molar-refractivity contribution in [1.82, 2.24) is 0 Å². The van der Waals surface area contributed by atoms with Gasteiger partial charge in [0.25, 0.3) is 0 Å². The maximum absolute atomic E-state index is 11.7. The molecule has 0 aliphatic heterocycles. The molecule has 58 valence electrons. The van der Waals surface area contributed by atoms with Crippen LogP contribution in [0.3, 0.4) is 0 Å². The lowest BCUT2D eigenvalue weighted by molar-refractivity contribution is 0.538. The lowest BCUT2D eigenvalue weighted by Crippen LogP contribution is -2.22. The molecular formula is C3H9ClFNO2S. The fraction of sp³-hybridized carbons (Fsp3) is 1.00. The minimum atomic E-state index is -4.38. The first-order valence-electron chi connectivity index (χ1n) is 2.12. The highest BCUT2D eigenvalue weighted by molar-refractivity contribution is 7.87. The van der Waals surface area contributed by atoms with E-state index >= 15 is 0 Å². The van der Waals surface area contributed by atoms with Crippen molar-refractivity contribution in [3.05, 3.63) is 0 Å². The van der Waals surface area contributed by atoms with Crippen LogP contribution in [0.15, 0.2) is 0 Å². The molecule has 2 N–H and O–H groups in total. The van der Waals surface area contributed by atoms with Gasteiger partial charge in [0.1, 0.15) is 5.25 Å². The predicted molar refractivity (Wildman–Crippen MR) is 35.8 cm³/mol. The summed E-state index contributed by atoms with van der Waals surface area (Å²) in [5, 5.41) is -1.07. The van der Waals surface area contributed by atoms with Crippen LogP contribution >= 0.6 is 12.4 Å². The molecule has 0 aliphatic carbocycles. The summed E-state index contributed by atoms with van der Waals surface area (Å²) >= 11 is 0. The standard InChI is InChI=1S/C3H8FNO2S.ClH/c1-3(2-5)8(4,6)7;/h3H,2,5H2,1H3;1H. The van der Waals surface area contributed by atoms with Crippen molar-refractivity contribution in [1.29, 1.82) is 0 Å². The normalized spacial score (nSPS) is 14.1. The zero-order valence-corrected chi connectivity index (χ0v) is 6.51. The number of hydrogen-bond acceptors (Lipinski definition) is 3. The van der Waals surface area contributed by atoms with E-state index in [0.29, 0.717) is 0 Å². The molecule has 1 atom stereocenters. The van der Waals surface area contributed by atoms with Gasteiger partial charge >= 0.3 is 10.2 Å². The molecule has 6 heteroatoms. The van der Waals surface area contributed by atoms with Gasteiger partial charge in [-0.3, -0.25) is 0 Å². The second kappa shape index (κ2) is 4.03. The second-order valence-electron chi connectivity index (χ2n) is 1.52. The molecule has 0 aromatic rings. The Bertz CT molecular complexity index is 157. The number of hydrogen-bond donors (Lipinski definition) is 1. The van der Waals surface area contributed by atoms with E-state index in [0.717, 1.165) is 0 Å². The fourth-order valence-electron chi connectivity index (χ4n) is 0.115. The van der Waals surface area contributed by atoms with E-state index in [2.05, 4.69) is 0 Å². The molecule has 0 saturated heterocycles. The third kappa shape index (κ3) is 4.62. The Hall–Kier alpha value is 0.130. The molecule has 0 bridgehead atoms. The van der Waals surface area contributed by atoms with Crippen LogP contribution in [0.2, 0.25) is 0 Å². The summed E-state index contributed by atoms with van der Waals surface area (Å²) in [4.78, 5) is 0. The van der Waals surface area contributed by atoms with Crippen LogP contribution < -0.4 is 5.73 Å². The van der Waals surface area contributed by atoms with Crippen molar-refractivity contribution in [2.45, 2.75) is 12.2 Å². The van der Waals surface area contributed by atoms with Gasteiger partial charge in [0, 0.05) is 6.54 Å². The van der Waals surface area contributed by atoms with Crippen LogP contribution in [-0.4, -0.2) is 20.2 Å². The zero-order valence-electron chi connectivity index (χ0n) is 4.87. The molecule has 0 aromatic heterocycles. The van der Waals surface area contributed by atoms with Gasteiger partial charge in [-0.1, -0.05) is 0 Å². The summed E-state index contributed by atoms with van der Waals surface area (Å²) in [6.45, 7) is 1.05. The molecule has 0 spiro atoms. The monoisotopic (exact) mass is 177 g/mol. The summed E-state index contributed by atoms with van der Waals surface area (Å²) in [7, 11) is -4.38. The lowest BCUT2D eigenvalue weighted by Gasteiger charge is -1.98. The first-order chi connectivity index (χ1) is 3.48. The molecule has 0 fully saturated rings. The predicted octanol–water partition coefficient (Wildman–Crippen LogP) is 0.0547. The van der Waals surface area contributed by atoms with E-state index in [1.807, 2.05) is 0 Å². The van der Waals surface area contributed by atoms with Crippen LogP contribution in [0.1, 0.15) is 6.92 Å². The molecule has 0 radical (unpaired) electrons. The number of halogens is 2. The van der Waals surface area contributed by atoms with Crippen LogP contribution in [-0.2, 0) is 10.2 Å². The van der Waals surface area contributed by atoms with Gasteiger partial charge in [0.05, 0.1) is 0 Å². The van der Waals surface area contributed by atoms with Crippen molar-refractivity contribution in [2.75, 3.05) is 6.54 Å². The highest BCUT2D eigenvalue weighted by atomic mass is 35.5. The van der Waals surface area contributed by atoms with E-state index in [1.165, 1.54) is 6.92 Å². The molecule has 0 amide bonds. The molecule has 9 heavy (non-hydrogen) atoms. The molecule has 0 aliphatic rings. The Morgan fingerprint density at radius 1 is 1.67 bits per heavy atom. The molecule has 0 saturated carbocycles. The third-order valence-corrected chi connectivity index (χ3v) is 1.97. The summed E-state index contributed by atoms with van der Waals surface area (Å²) in [6, 6.07) is 0. The highest BCUT2D eigenvalue weighted by Gasteiger charge is 2.16. The molecular weight excluding hydrogens is 169 g/mol. The van der Waals surface area contributed by atoms with Gasteiger partial charge in [-0.15, -0.1) is 16.3 Å². The average Bonchev–Trinajstić information content (AvgIpc) is 1.62. The summed E-state index contributed by atoms with van der Waals surface area (Å²) < 4.78 is 31.3. The lowest BCUT2D eigenvalue weighted by atomic mass is 10.5. The van der Waals surface area contributed by atoms with Crippen LogP contribution in [0.5, 0.6) is 0 Å². The van der Waals surface area contributed by atoms with Crippen molar-refractivity contribution in [2.24, 2.45) is 5.73 Å². The Morgan fingerprint density at radius 2 is 2.00 bits per heavy atom. The van der Waals surface area contributed by atoms with E-state index in [4.69, 9.17) is 5.73 Å². The maximum Gasteiger partial charge on any atom is 0.306 e. The zero-order chi connectivity index (χ0) is 6.78. The minimum Gasteiger partial charge on any atom is -0.329 e. The Kier molecular flexibility index (Phi) is 5.31. The Morgan fingerprint density at radius 3 is 2.00 bits per heavy atom. The van der Waals surface area contributed by atoms with Gasteiger partial charge in [-0.05, 0) is 6.92 Å². The van der Waals surface area contributed by atoms with E-state index < -0.39 is 15.5 Å². The van der Waals surface area contributed by atoms with E-state index in [1.54, 1.807) is 0 Å².